The summed E-state index contributed by atoms with van der Waals surface area (Å²) in [6.07, 6.45) is 1.99. The van der Waals surface area contributed by atoms with Gasteiger partial charge < -0.3 is 9.64 Å². The number of rotatable bonds is 5. The summed E-state index contributed by atoms with van der Waals surface area (Å²) in [5.74, 6) is 1.33. The number of fused-ring (bicyclic) bond motifs is 1. The van der Waals surface area contributed by atoms with Crippen LogP contribution in [-0.2, 0) is 0 Å². The van der Waals surface area contributed by atoms with Gasteiger partial charge in [0, 0.05) is 25.3 Å². The molecule has 4 rings (SSSR count). The number of nitrogens with zero attached hydrogens (tertiary/aromatic N) is 4. The highest BCUT2D eigenvalue weighted by Gasteiger charge is 2.12. The highest BCUT2D eigenvalue weighted by atomic mass is 32.1. The lowest BCUT2D eigenvalue weighted by atomic mass is 10.2. The van der Waals surface area contributed by atoms with Crippen LogP contribution < -0.4 is 19.7 Å². The molecule has 148 valence electrons. The molecule has 0 saturated heterocycles. The van der Waals surface area contributed by atoms with Crippen LogP contribution in [0.2, 0.25) is 0 Å². The van der Waals surface area contributed by atoms with Crippen molar-refractivity contribution < 1.29 is 4.74 Å². The second-order valence-electron chi connectivity index (χ2n) is 7.22. The lowest BCUT2D eigenvalue weighted by Crippen LogP contribution is -2.23. The minimum atomic E-state index is -0.153. The molecule has 2 aromatic heterocycles. The van der Waals surface area contributed by atoms with Crippen molar-refractivity contribution in [1.82, 2.24) is 14.6 Å². The number of aromatic nitrogens is 3. The molecule has 0 radical (unpaired) electrons. The van der Waals surface area contributed by atoms with Crippen LogP contribution in [0.3, 0.4) is 0 Å². The Kier molecular flexibility index (Phi) is 5.07. The van der Waals surface area contributed by atoms with E-state index in [1.807, 2.05) is 87.4 Å². The van der Waals surface area contributed by atoms with Gasteiger partial charge in [-0.15, -0.1) is 5.10 Å². The van der Waals surface area contributed by atoms with Gasteiger partial charge >= 0.3 is 0 Å². The maximum absolute atomic E-state index is 12.7. The van der Waals surface area contributed by atoms with E-state index in [-0.39, 0.29) is 11.7 Å². The van der Waals surface area contributed by atoms with Gasteiger partial charge in [0.1, 0.15) is 5.75 Å². The van der Waals surface area contributed by atoms with Crippen LogP contribution in [0.25, 0.3) is 22.4 Å². The van der Waals surface area contributed by atoms with Crippen molar-refractivity contribution in [2.24, 2.45) is 0 Å². The van der Waals surface area contributed by atoms with Gasteiger partial charge in [0.25, 0.3) is 5.56 Å². The van der Waals surface area contributed by atoms with Crippen molar-refractivity contribution in [2.75, 3.05) is 19.0 Å². The first kappa shape index (κ1) is 19.1. The predicted molar refractivity (Wildman–Crippen MR) is 118 cm³/mol. The van der Waals surface area contributed by atoms with E-state index in [0.29, 0.717) is 15.3 Å². The van der Waals surface area contributed by atoms with Crippen molar-refractivity contribution in [3.05, 3.63) is 69.0 Å². The van der Waals surface area contributed by atoms with Gasteiger partial charge in [0.15, 0.2) is 5.82 Å². The number of hydrogen-bond acceptors (Lipinski definition) is 6. The second kappa shape index (κ2) is 7.67. The molecule has 0 aliphatic heterocycles. The Morgan fingerprint density at radius 1 is 1.07 bits per heavy atom. The lowest BCUT2D eigenvalue weighted by Gasteiger charge is -2.11. The minimum absolute atomic E-state index is 0.119. The Balaban J connectivity index is 1.64. The summed E-state index contributed by atoms with van der Waals surface area (Å²) in [5.41, 5.74) is 2.78. The van der Waals surface area contributed by atoms with Gasteiger partial charge in [0.2, 0.25) is 4.96 Å². The monoisotopic (exact) mass is 406 g/mol. The van der Waals surface area contributed by atoms with Gasteiger partial charge in [-0.05, 0) is 61.9 Å². The third-order valence-electron chi connectivity index (χ3n) is 4.37. The van der Waals surface area contributed by atoms with E-state index in [2.05, 4.69) is 10.1 Å². The number of hydrogen-bond donors (Lipinski definition) is 0. The molecule has 6 nitrogen and oxygen atoms in total. The first-order valence-electron chi connectivity index (χ1n) is 9.36. The van der Waals surface area contributed by atoms with Crippen LogP contribution in [0.1, 0.15) is 19.4 Å². The molecular weight excluding hydrogens is 384 g/mol. The topological polar surface area (TPSA) is 59.7 Å². The van der Waals surface area contributed by atoms with Gasteiger partial charge in [-0.1, -0.05) is 23.5 Å². The van der Waals surface area contributed by atoms with Crippen molar-refractivity contribution in [3.63, 3.8) is 0 Å². The molecule has 0 spiro atoms. The van der Waals surface area contributed by atoms with Crippen LogP contribution in [0.4, 0.5) is 5.69 Å². The first-order valence-corrected chi connectivity index (χ1v) is 10.2. The Hall–Kier alpha value is -3.19. The zero-order valence-corrected chi connectivity index (χ0v) is 17.6. The maximum atomic E-state index is 12.7. The molecule has 0 atom stereocenters. The molecule has 0 unspecified atom stereocenters. The molecule has 0 aliphatic carbocycles. The molecule has 0 aliphatic rings. The minimum Gasteiger partial charge on any atom is -0.491 e. The molecule has 29 heavy (non-hydrogen) atoms. The number of ether oxygens (including phenoxy) is 1. The Labute approximate surface area is 172 Å². The van der Waals surface area contributed by atoms with Crippen molar-refractivity contribution in [3.8, 4) is 17.1 Å². The maximum Gasteiger partial charge on any atom is 0.291 e. The highest BCUT2D eigenvalue weighted by molar-refractivity contribution is 7.15. The average Bonchev–Trinajstić information content (AvgIpc) is 3.22. The van der Waals surface area contributed by atoms with Crippen LogP contribution in [-0.4, -0.2) is 34.8 Å². The van der Waals surface area contributed by atoms with Gasteiger partial charge in [-0.2, -0.15) is 9.50 Å². The summed E-state index contributed by atoms with van der Waals surface area (Å²) in [7, 11) is 3.99. The normalized spacial score (nSPS) is 12.1. The smallest absolute Gasteiger partial charge is 0.291 e. The lowest BCUT2D eigenvalue weighted by molar-refractivity contribution is 0.242. The van der Waals surface area contributed by atoms with Crippen LogP contribution >= 0.6 is 11.3 Å². The Morgan fingerprint density at radius 3 is 2.34 bits per heavy atom. The van der Waals surface area contributed by atoms with E-state index >= 15 is 0 Å². The molecule has 0 bridgehead atoms. The summed E-state index contributed by atoms with van der Waals surface area (Å²) in [5, 5.41) is 4.41. The molecule has 0 fully saturated rings. The second-order valence-corrected chi connectivity index (χ2v) is 8.23. The van der Waals surface area contributed by atoms with Crippen LogP contribution in [0.5, 0.6) is 5.75 Å². The van der Waals surface area contributed by atoms with E-state index in [9.17, 15) is 4.79 Å². The highest BCUT2D eigenvalue weighted by Crippen LogP contribution is 2.21. The number of benzene rings is 2. The molecular formula is C22H22N4O2S. The van der Waals surface area contributed by atoms with E-state index in [4.69, 9.17) is 4.74 Å². The third-order valence-corrected chi connectivity index (χ3v) is 5.33. The summed E-state index contributed by atoms with van der Waals surface area (Å²) >= 11 is 1.34. The van der Waals surface area contributed by atoms with Gasteiger partial charge in [0.05, 0.1) is 10.6 Å². The molecule has 2 heterocycles. The zero-order valence-electron chi connectivity index (χ0n) is 16.8. The fourth-order valence-electron chi connectivity index (χ4n) is 2.93. The van der Waals surface area contributed by atoms with Gasteiger partial charge in [-0.3, -0.25) is 4.79 Å². The molecule has 2 aromatic carbocycles. The summed E-state index contributed by atoms with van der Waals surface area (Å²) in [6.45, 7) is 3.97. The Morgan fingerprint density at radius 2 is 1.76 bits per heavy atom. The van der Waals surface area contributed by atoms with E-state index < -0.39 is 0 Å². The van der Waals surface area contributed by atoms with Crippen molar-refractivity contribution >= 4 is 28.1 Å². The largest absolute Gasteiger partial charge is 0.491 e. The third kappa shape index (κ3) is 4.00. The number of anilines is 1. The summed E-state index contributed by atoms with van der Waals surface area (Å²) < 4.78 is 7.65. The van der Waals surface area contributed by atoms with Crippen LogP contribution in [0, 0.1) is 0 Å². The van der Waals surface area contributed by atoms with Gasteiger partial charge in [-0.25, -0.2) is 0 Å². The first-order chi connectivity index (χ1) is 13.9. The molecule has 7 heteroatoms. The molecule has 0 N–H and O–H groups in total. The Bertz CT molecular complexity index is 1240. The van der Waals surface area contributed by atoms with E-state index in [1.54, 1.807) is 0 Å². The van der Waals surface area contributed by atoms with Crippen molar-refractivity contribution in [2.45, 2.75) is 20.0 Å². The van der Waals surface area contributed by atoms with Crippen LogP contribution in [0.15, 0.2) is 53.3 Å². The summed E-state index contributed by atoms with van der Waals surface area (Å²) in [6, 6.07) is 15.6. The average molecular weight is 407 g/mol. The van der Waals surface area contributed by atoms with E-state index in [1.165, 1.54) is 15.9 Å². The molecule has 0 amide bonds. The predicted octanol–water partition coefficient (Wildman–Crippen LogP) is 3.22. The standard InChI is InChI=1S/C22H22N4O2S/c1-14(2)28-18-11-7-16(8-12-18)20-23-22-26(24-20)21(27)19(29-22)13-15-5-9-17(10-6-15)25(3)4/h5-14H,1-4H3. The fraction of sp³-hybridized carbons (Fsp3) is 0.227. The SMILES string of the molecule is CC(C)Oc1ccc(-c2nc3sc(=Cc4ccc(N(C)C)cc4)c(=O)n3n2)cc1. The van der Waals surface area contributed by atoms with Crippen molar-refractivity contribution in [1.29, 1.82) is 0 Å². The summed E-state index contributed by atoms with van der Waals surface area (Å²) in [4.78, 5) is 19.9. The fourth-order valence-corrected chi connectivity index (χ4v) is 3.84. The molecule has 4 aromatic rings. The quantitative estimate of drug-likeness (QED) is 0.509. The zero-order chi connectivity index (χ0) is 20.5. The molecule has 0 saturated carbocycles. The number of thiazole rings is 1. The van der Waals surface area contributed by atoms with E-state index in [0.717, 1.165) is 22.6 Å².